The highest BCUT2D eigenvalue weighted by atomic mass is 19.4. The minimum atomic E-state index is -4.64. The highest BCUT2D eigenvalue weighted by molar-refractivity contribution is 5.89. The van der Waals surface area contributed by atoms with E-state index in [4.69, 9.17) is 14.9 Å². The molecule has 0 saturated heterocycles. The number of alkyl halides is 3. The average Bonchev–Trinajstić information content (AvgIpc) is 3.39. The summed E-state index contributed by atoms with van der Waals surface area (Å²) in [7, 11) is 0. The van der Waals surface area contributed by atoms with E-state index in [9.17, 15) is 22.8 Å². The van der Waals surface area contributed by atoms with E-state index in [1.807, 2.05) is 0 Å². The SMILES string of the molecule is CCOc1cc(CN2CCc3[nH]ncc3C2)nc2nc(C(F)(F)F)nn12.O=C(O)/C=C/C(=O)O. The molecule has 0 bridgehead atoms. The number of fused-ring (bicyclic) bond motifs is 2. The zero-order valence-corrected chi connectivity index (χ0v) is 17.8. The van der Waals surface area contributed by atoms with Crippen LogP contribution in [0.1, 0.15) is 29.7 Å². The number of nitrogens with zero attached hydrogens (tertiary/aromatic N) is 6. The van der Waals surface area contributed by atoms with Crippen LogP contribution in [0.25, 0.3) is 5.78 Å². The summed E-state index contributed by atoms with van der Waals surface area (Å²) in [6.07, 6.45) is -0.899. The molecule has 0 amide bonds. The molecule has 0 saturated carbocycles. The Hall–Kier alpha value is -4.01. The van der Waals surface area contributed by atoms with Crippen molar-refractivity contribution in [3.8, 4) is 5.88 Å². The second-order valence-electron chi connectivity index (χ2n) is 7.01. The summed E-state index contributed by atoms with van der Waals surface area (Å²) in [5, 5.41) is 26.1. The normalized spacial score (nSPS) is 14.0. The first-order valence-electron chi connectivity index (χ1n) is 9.91. The first-order chi connectivity index (χ1) is 16.1. The molecule has 0 aromatic carbocycles. The van der Waals surface area contributed by atoms with Gasteiger partial charge in [0, 0.05) is 55.5 Å². The zero-order valence-electron chi connectivity index (χ0n) is 17.8. The molecular weight excluding hydrogens is 463 g/mol. The van der Waals surface area contributed by atoms with Crippen molar-refractivity contribution < 1.29 is 37.7 Å². The van der Waals surface area contributed by atoms with Gasteiger partial charge in [-0.2, -0.15) is 27.8 Å². The van der Waals surface area contributed by atoms with Gasteiger partial charge in [-0.3, -0.25) is 10.00 Å². The van der Waals surface area contributed by atoms with Crippen molar-refractivity contribution in [2.45, 2.75) is 32.6 Å². The maximum Gasteiger partial charge on any atom is 0.453 e. The molecule has 4 rings (SSSR count). The van der Waals surface area contributed by atoms with Crippen molar-refractivity contribution >= 4 is 17.7 Å². The van der Waals surface area contributed by atoms with E-state index in [-0.39, 0.29) is 11.7 Å². The lowest BCUT2D eigenvalue weighted by Gasteiger charge is -2.25. The third-order valence-corrected chi connectivity index (χ3v) is 4.51. The molecule has 4 heterocycles. The fourth-order valence-corrected chi connectivity index (χ4v) is 3.13. The summed E-state index contributed by atoms with van der Waals surface area (Å²) in [6, 6.07) is 1.61. The molecule has 3 aromatic rings. The number of halogens is 3. The fraction of sp³-hybridized carbons (Fsp3) is 0.368. The molecule has 12 nitrogen and oxygen atoms in total. The zero-order chi connectivity index (χ0) is 24.9. The molecule has 0 fully saturated rings. The van der Waals surface area contributed by atoms with Crippen LogP contribution in [0.2, 0.25) is 0 Å². The van der Waals surface area contributed by atoms with Gasteiger partial charge in [-0.1, -0.05) is 0 Å². The standard InChI is InChI=1S/C15H16F3N7O.C4H4O4/c1-2-26-12-5-10(8-24-4-3-11-9(7-24)6-19-22-11)20-14-21-13(15(16,17)18)23-25(12)14;5-3(6)1-2-4(7)8/h5-6H,2-4,7-8H2,1H3,(H,19,22);1-2H,(H,5,6)(H,7,8)/b;2-1+. The second kappa shape index (κ2) is 10.3. The number of hydrogen-bond acceptors (Lipinski definition) is 8. The minimum absolute atomic E-state index is 0.126. The van der Waals surface area contributed by atoms with E-state index < -0.39 is 23.9 Å². The molecule has 1 aliphatic rings. The Morgan fingerprint density at radius 3 is 2.56 bits per heavy atom. The molecule has 15 heteroatoms. The maximum atomic E-state index is 12.9. The highest BCUT2D eigenvalue weighted by Crippen LogP contribution is 2.28. The van der Waals surface area contributed by atoms with Crippen molar-refractivity contribution in [3.05, 3.63) is 47.2 Å². The Labute approximate surface area is 189 Å². The molecule has 0 unspecified atom stereocenters. The highest BCUT2D eigenvalue weighted by Gasteiger charge is 2.37. The average molecular weight is 483 g/mol. The number of H-pyrrole nitrogens is 1. The van der Waals surface area contributed by atoms with E-state index in [1.54, 1.807) is 19.2 Å². The predicted molar refractivity (Wildman–Crippen MR) is 108 cm³/mol. The van der Waals surface area contributed by atoms with Gasteiger partial charge in [-0.25, -0.2) is 14.6 Å². The van der Waals surface area contributed by atoms with Gasteiger partial charge in [0.05, 0.1) is 18.5 Å². The lowest BCUT2D eigenvalue weighted by atomic mass is 10.1. The third kappa shape index (κ3) is 6.28. The van der Waals surface area contributed by atoms with Gasteiger partial charge in [-0.15, -0.1) is 5.10 Å². The summed E-state index contributed by atoms with van der Waals surface area (Å²) in [4.78, 5) is 29.0. The van der Waals surface area contributed by atoms with Crippen LogP contribution in [0.4, 0.5) is 13.2 Å². The van der Waals surface area contributed by atoms with Crippen LogP contribution in [0.5, 0.6) is 5.88 Å². The van der Waals surface area contributed by atoms with E-state index in [1.165, 1.54) is 0 Å². The maximum absolute atomic E-state index is 12.9. The molecule has 0 radical (unpaired) electrons. The van der Waals surface area contributed by atoms with Crippen molar-refractivity contribution in [3.63, 3.8) is 0 Å². The van der Waals surface area contributed by atoms with E-state index in [2.05, 4.69) is 30.2 Å². The van der Waals surface area contributed by atoms with Gasteiger partial charge >= 0.3 is 18.1 Å². The fourth-order valence-electron chi connectivity index (χ4n) is 3.13. The van der Waals surface area contributed by atoms with Gasteiger partial charge in [0.1, 0.15) is 0 Å². The number of aromatic nitrogens is 6. The van der Waals surface area contributed by atoms with Gasteiger partial charge in [-0.05, 0) is 6.92 Å². The van der Waals surface area contributed by atoms with Crippen molar-refractivity contribution in [1.82, 2.24) is 34.7 Å². The first kappa shape index (κ1) is 24.6. The molecule has 0 spiro atoms. The van der Waals surface area contributed by atoms with E-state index in [0.717, 1.165) is 28.7 Å². The van der Waals surface area contributed by atoms with Crippen LogP contribution in [0.3, 0.4) is 0 Å². The number of rotatable bonds is 6. The van der Waals surface area contributed by atoms with Crippen LogP contribution >= 0.6 is 0 Å². The van der Waals surface area contributed by atoms with Crippen molar-refractivity contribution in [1.29, 1.82) is 0 Å². The van der Waals surface area contributed by atoms with Gasteiger partial charge in [0.15, 0.2) is 0 Å². The lowest BCUT2D eigenvalue weighted by Crippen LogP contribution is -2.30. The number of aromatic amines is 1. The molecule has 182 valence electrons. The van der Waals surface area contributed by atoms with Gasteiger partial charge < -0.3 is 14.9 Å². The number of carbonyl (C=O) groups is 2. The number of carboxylic acids is 2. The predicted octanol–water partition coefficient (Wildman–Crippen LogP) is 1.54. The summed E-state index contributed by atoms with van der Waals surface area (Å²) < 4.78 is 45.1. The third-order valence-electron chi connectivity index (χ3n) is 4.51. The molecule has 34 heavy (non-hydrogen) atoms. The van der Waals surface area contributed by atoms with E-state index in [0.29, 0.717) is 37.5 Å². The minimum Gasteiger partial charge on any atom is -0.478 e. The number of aliphatic carboxylic acids is 2. The first-order valence-corrected chi connectivity index (χ1v) is 9.91. The van der Waals surface area contributed by atoms with Crippen molar-refractivity contribution in [2.24, 2.45) is 0 Å². The smallest absolute Gasteiger partial charge is 0.453 e. The molecule has 1 aliphatic heterocycles. The molecule has 0 atom stereocenters. The Bertz CT molecular complexity index is 1190. The number of carboxylic acid groups (broad SMARTS) is 2. The molecule has 3 aromatic heterocycles. The quantitative estimate of drug-likeness (QED) is 0.439. The van der Waals surface area contributed by atoms with Gasteiger partial charge in [0.2, 0.25) is 5.88 Å². The number of nitrogens with one attached hydrogen (secondary N) is 1. The lowest BCUT2D eigenvalue weighted by molar-refractivity contribution is -0.144. The monoisotopic (exact) mass is 483 g/mol. The Morgan fingerprint density at radius 1 is 1.24 bits per heavy atom. The largest absolute Gasteiger partial charge is 0.478 e. The topological polar surface area (TPSA) is 159 Å². The summed E-state index contributed by atoms with van der Waals surface area (Å²) in [5.41, 5.74) is 2.81. The summed E-state index contributed by atoms with van der Waals surface area (Å²) in [5.74, 6) is -3.68. The second-order valence-corrected chi connectivity index (χ2v) is 7.01. The number of hydrogen-bond donors (Lipinski definition) is 3. The van der Waals surface area contributed by atoms with E-state index >= 15 is 0 Å². The van der Waals surface area contributed by atoms with Crippen LogP contribution in [-0.4, -0.2) is 70.0 Å². The van der Waals surface area contributed by atoms with Crippen LogP contribution in [0.15, 0.2) is 24.4 Å². The molecular formula is C19H20F3N7O5. The summed E-state index contributed by atoms with van der Waals surface area (Å²) >= 11 is 0. The van der Waals surface area contributed by atoms with Crippen molar-refractivity contribution in [2.75, 3.05) is 13.2 Å². The van der Waals surface area contributed by atoms with Crippen LogP contribution in [-0.2, 0) is 35.3 Å². The summed E-state index contributed by atoms with van der Waals surface area (Å²) in [6.45, 7) is 4.01. The Morgan fingerprint density at radius 2 is 1.94 bits per heavy atom. The number of ether oxygens (including phenoxy) is 1. The molecule has 3 N–H and O–H groups in total. The van der Waals surface area contributed by atoms with Crippen LogP contribution in [0, 0.1) is 0 Å². The Kier molecular flexibility index (Phi) is 7.45. The Balaban J connectivity index is 0.000000350. The molecule has 0 aliphatic carbocycles. The van der Waals surface area contributed by atoms with Crippen LogP contribution < -0.4 is 4.74 Å². The van der Waals surface area contributed by atoms with Gasteiger partial charge in [0.25, 0.3) is 11.6 Å².